The third-order valence-electron chi connectivity index (χ3n) is 3.81. The van der Waals surface area contributed by atoms with E-state index >= 15 is 0 Å². The van der Waals surface area contributed by atoms with Crippen LogP contribution >= 0.6 is 11.6 Å². The first kappa shape index (κ1) is 20.5. The van der Waals surface area contributed by atoms with Gasteiger partial charge in [0.1, 0.15) is 17.3 Å². The lowest BCUT2D eigenvalue weighted by atomic mass is 10.2. The van der Waals surface area contributed by atoms with E-state index in [-0.39, 0.29) is 24.8 Å². The van der Waals surface area contributed by atoms with Crippen LogP contribution in [0.2, 0.25) is 5.02 Å². The zero-order chi connectivity index (χ0) is 20.0. The summed E-state index contributed by atoms with van der Waals surface area (Å²) in [5.41, 5.74) is 0.782. The minimum atomic E-state index is -0.457. The highest BCUT2D eigenvalue weighted by molar-refractivity contribution is 6.32. The van der Waals surface area contributed by atoms with Gasteiger partial charge >= 0.3 is 0 Å². The van der Waals surface area contributed by atoms with Crippen LogP contribution in [0.15, 0.2) is 36.4 Å². The van der Waals surface area contributed by atoms with Crippen molar-refractivity contribution in [3.63, 3.8) is 0 Å². The fraction of sp³-hybridized carbons (Fsp3) is 0.263. The number of ether oxygens (including phenoxy) is 2. The molecule has 0 saturated heterocycles. The van der Waals surface area contributed by atoms with E-state index in [1.807, 2.05) is 0 Å². The molecule has 0 aliphatic carbocycles. The summed E-state index contributed by atoms with van der Waals surface area (Å²) in [4.78, 5) is 25.5. The van der Waals surface area contributed by atoms with Gasteiger partial charge in [-0.3, -0.25) is 9.59 Å². The largest absolute Gasteiger partial charge is 0.495 e. The number of nitrogens with zero attached hydrogens (tertiary/aromatic N) is 1. The second kappa shape index (κ2) is 9.23. The molecule has 6 nitrogen and oxygen atoms in total. The Hall–Kier alpha value is -2.80. The molecule has 0 saturated carbocycles. The lowest BCUT2D eigenvalue weighted by molar-refractivity contribution is -0.117. The number of benzene rings is 2. The number of hydrogen-bond donors (Lipinski definition) is 1. The maximum absolute atomic E-state index is 13.4. The number of carbonyl (C=O) groups is 2. The van der Waals surface area contributed by atoms with Crippen molar-refractivity contribution >= 4 is 34.8 Å². The first-order chi connectivity index (χ1) is 12.8. The Morgan fingerprint density at radius 2 is 1.85 bits per heavy atom. The minimum absolute atomic E-state index is 0.00416. The Labute approximate surface area is 161 Å². The Bertz CT molecular complexity index is 844. The van der Waals surface area contributed by atoms with E-state index in [0.29, 0.717) is 27.9 Å². The van der Waals surface area contributed by atoms with E-state index in [4.69, 9.17) is 21.1 Å². The van der Waals surface area contributed by atoms with Gasteiger partial charge in [0.25, 0.3) is 0 Å². The average molecular weight is 395 g/mol. The monoisotopic (exact) mass is 394 g/mol. The SMILES string of the molecule is COc1cc(NC(=O)CCN(C(C)=O)c2cccc(F)c2)c(OC)cc1Cl. The molecule has 0 aromatic heterocycles. The standard InChI is InChI=1S/C19H20ClFN2O4/c1-12(24)23(14-6-4-5-13(21)9-14)8-7-19(25)22-16-11-17(26-2)15(20)10-18(16)27-3/h4-6,9-11H,7-8H2,1-3H3,(H,22,25). The molecule has 2 aromatic rings. The van der Waals surface area contributed by atoms with Gasteiger partial charge in [-0.05, 0) is 18.2 Å². The molecule has 1 N–H and O–H groups in total. The minimum Gasteiger partial charge on any atom is -0.495 e. The normalized spacial score (nSPS) is 10.3. The van der Waals surface area contributed by atoms with Gasteiger partial charge in [-0.2, -0.15) is 0 Å². The van der Waals surface area contributed by atoms with Crippen LogP contribution < -0.4 is 19.7 Å². The predicted octanol–water partition coefficient (Wildman–Crippen LogP) is 3.88. The van der Waals surface area contributed by atoms with Crippen molar-refractivity contribution in [2.75, 3.05) is 31.0 Å². The highest BCUT2D eigenvalue weighted by Gasteiger charge is 2.16. The lowest BCUT2D eigenvalue weighted by Crippen LogP contribution is -2.32. The Morgan fingerprint density at radius 3 is 2.44 bits per heavy atom. The van der Waals surface area contributed by atoms with Crippen LogP contribution in [-0.4, -0.2) is 32.6 Å². The fourth-order valence-electron chi connectivity index (χ4n) is 2.50. The molecule has 0 radical (unpaired) electrons. The molecule has 2 rings (SSSR count). The van der Waals surface area contributed by atoms with E-state index in [0.717, 1.165) is 0 Å². The molecular weight excluding hydrogens is 375 g/mol. The molecular formula is C19H20ClFN2O4. The summed E-state index contributed by atoms with van der Waals surface area (Å²) in [6, 6.07) is 8.72. The summed E-state index contributed by atoms with van der Waals surface area (Å²) in [6.45, 7) is 1.45. The van der Waals surface area contributed by atoms with Gasteiger partial charge in [0.2, 0.25) is 11.8 Å². The van der Waals surface area contributed by atoms with Crippen molar-refractivity contribution in [3.05, 3.63) is 47.2 Å². The van der Waals surface area contributed by atoms with E-state index in [9.17, 15) is 14.0 Å². The van der Waals surface area contributed by atoms with E-state index in [1.165, 1.54) is 50.3 Å². The highest BCUT2D eigenvalue weighted by Crippen LogP contribution is 2.35. The topological polar surface area (TPSA) is 67.9 Å². The number of carbonyl (C=O) groups excluding carboxylic acids is 2. The molecule has 144 valence electrons. The second-order valence-corrected chi connectivity index (χ2v) is 6.04. The van der Waals surface area contributed by atoms with Gasteiger partial charge in [-0.25, -0.2) is 4.39 Å². The molecule has 8 heteroatoms. The first-order valence-corrected chi connectivity index (χ1v) is 8.48. The fourth-order valence-corrected chi connectivity index (χ4v) is 2.73. The van der Waals surface area contributed by atoms with Gasteiger partial charge in [-0.15, -0.1) is 0 Å². The number of rotatable bonds is 7. The van der Waals surface area contributed by atoms with Gasteiger partial charge in [-0.1, -0.05) is 17.7 Å². The molecule has 2 amide bonds. The third kappa shape index (κ3) is 5.34. The van der Waals surface area contributed by atoms with Crippen LogP contribution in [0, 0.1) is 5.82 Å². The van der Waals surface area contributed by atoms with Crippen molar-refractivity contribution < 1.29 is 23.5 Å². The molecule has 0 heterocycles. The summed E-state index contributed by atoms with van der Waals surface area (Å²) in [5.74, 6) is -0.332. The smallest absolute Gasteiger partial charge is 0.226 e. The van der Waals surface area contributed by atoms with Crippen molar-refractivity contribution in [2.45, 2.75) is 13.3 Å². The van der Waals surface area contributed by atoms with Gasteiger partial charge in [0.15, 0.2) is 0 Å². The summed E-state index contributed by atoms with van der Waals surface area (Å²) >= 11 is 6.04. The van der Waals surface area contributed by atoms with Crippen LogP contribution in [0.4, 0.5) is 15.8 Å². The number of hydrogen-bond acceptors (Lipinski definition) is 4. The molecule has 0 bridgehead atoms. The zero-order valence-corrected chi connectivity index (χ0v) is 16.0. The molecule has 0 aliphatic heterocycles. The van der Waals surface area contributed by atoms with Crippen molar-refractivity contribution in [3.8, 4) is 11.5 Å². The van der Waals surface area contributed by atoms with Crippen LogP contribution in [0.5, 0.6) is 11.5 Å². The maximum Gasteiger partial charge on any atom is 0.226 e. The molecule has 0 aliphatic rings. The second-order valence-electron chi connectivity index (χ2n) is 5.64. The highest BCUT2D eigenvalue weighted by atomic mass is 35.5. The zero-order valence-electron chi connectivity index (χ0n) is 15.2. The average Bonchev–Trinajstić information content (AvgIpc) is 2.62. The molecule has 0 atom stereocenters. The predicted molar refractivity (Wildman–Crippen MR) is 102 cm³/mol. The summed E-state index contributed by atoms with van der Waals surface area (Å²) in [7, 11) is 2.91. The van der Waals surface area contributed by atoms with E-state index < -0.39 is 5.82 Å². The number of anilines is 2. The summed E-state index contributed by atoms with van der Waals surface area (Å²) < 4.78 is 23.8. The summed E-state index contributed by atoms with van der Waals surface area (Å²) in [6.07, 6.45) is 0.00416. The summed E-state index contributed by atoms with van der Waals surface area (Å²) in [5, 5.41) is 3.05. The number of halogens is 2. The lowest BCUT2D eigenvalue weighted by Gasteiger charge is -2.21. The van der Waals surface area contributed by atoms with E-state index in [2.05, 4.69) is 5.32 Å². The van der Waals surface area contributed by atoms with Gasteiger partial charge < -0.3 is 19.7 Å². The number of amides is 2. The van der Waals surface area contributed by atoms with Crippen LogP contribution in [0.3, 0.4) is 0 Å². The molecule has 0 spiro atoms. The molecule has 0 unspecified atom stereocenters. The Kier molecular flexibility index (Phi) is 7.01. The van der Waals surface area contributed by atoms with Crippen LogP contribution in [0.1, 0.15) is 13.3 Å². The maximum atomic E-state index is 13.4. The van der Waals surface area contributed by atoms with Crippen molar-refractivity contribution in [2.24, 2.45) is 0 Å². The van der Waals surface area contributed by atoms with Gasteiger partial charge in [0, 0.05) is 37.7 Å². The Balaban J connectivity index is 2.10. The van der Waals surface area contributed by atoms with Gasteiger partial charge in [0.05, 0.1) is 24.9 Å². The van der Waals surface area contributed by atoms with Crippen LogP contribution in [-0.2, 0) is 9.59 Å². The Morgan fingerprint density at radius 1 is 1.15 bits per heavy atom. The number of methoxy groups -OCH3 is 2. The molecule has 2 aromatic carbocycles. The third-order valence-corrected chi connectivity index (χ3v) is 4.11. The van der Waals surface area contributed by atoms with E-state index in [1.54, 1.807) is 12.1 Å². The quantitative estimate of drug-likeness (QED) is 0.773. The van der Waals surface area contributed by atoms with Crippen molar-refractivity contribution in [1.29, 1.82) is 0 Å². The molecule has 27 heavy (non-hydrogen) atoms. The van der Waals surface area contributed by atoms with Crippen molar-refractivity contribution in [1.82, 2.24) is 0 Å². The molecule has 0 fully saturated rings. The number of nitrogens with one attached hydrogen (secondary N) is 1. The first-order valence-electron chi connectivity index (χ1n) is 8.10. The van der Waals surface area contributed by atoms with Crippen LogP contribution in [0.25, 0.3) is 0 Å².